The van der Waals surface area contributed by atoms with Crippen molar-refractivity contribution in [2.75, 3.05) is 5.88 Å². The Bertz CT molecular complexity index is 120. The molecule has 0 bridgehead atoms. The number of unbranched alkanes of at least 4 members (excludes halogenated alkanes) is 1. The second-order valence-corrected chi connectivity index (χ2v) is 2.69. The minimum Gasteiger partial charge on any atom is -0.481 e. The van der Waals surface area contributed by atoms with Crippen LogP contribution in [0.2, 0.25) is 0 Å². The molecule has 0 amide bonds. The van der Waals surface area contributed by atoms with Crippen LogP contribution in [0.25, 0.3) is 0 Å². The van der Waals surface area contributed by atoms with Gasteiger partial charge in [-0.3, -0.25) is 9.59 Å². The number of carbonyl (C=O) groups is 2. The third-order valence-corrected chi connectivity index (χ3v) is 1.15. The molecule has 0 saturated heterocycles. The first-order chi connectivity index (χ1) is 5.54. The Morgan fingerprint density at radius 3 is 1.92 bits per heavy atom. The summed E-state index contributed by atoms with van der Waals surface area (Å²) in [6.07, 6.45) is 2.01. The van der Waals surface area contributed by atoms with Crippen LogP contribution >= 0.6 is 11.6 Å². The summed E-state index contributed by atoms with van der Waals surface area (Å²) in [5.41, 5.74) is 0. The highest BCUT2D eigenvalue weighted by molar-refractivity contribution is 6.17. The standard InChI is InChI=1S/C4H9Cl.C4H6O3/c1-2-3-4-5;1-3(5)2-4(6)7/h2-4H2,1H3;2H2,1H3,(H,6,7). The lowest BCUT2D eigenvalue weighted by atomic mass is 10.3. The second kappa shape index (κ2) is 10.4. The van der Waals surface area contributed by atoms with Crippen molar-refractivity contribution < 1.29 is 14.7 Å². The van der Waals surface area contributed by atoms with Gasteiger partial charge in [-0.15, -0.1) is 11.6 Å². The molecule has 0 fully saturated rings. The number of carboxylic acids is 1. The van der Waals surface area contributed by atoms with Crippen molar-refractivity contribution in [1.82, 2.24) is 0 Å². The summed E-state index contributed by atoms with van der Waals surface area (Å²) in [6.45, 7) is 3.37. The zero-order chi connectivity index (χ0) is 9.98. The van der Waals surface area contributed by atoms with Gasteiger partial charge in [-0.2, -0.15) is 0 Å². The van der Waals surface area contributed by atoms with Crippen molar-refractivity contribution in [1.29, 1.82) is 0 Å². The van der Waals surface area contributed by atoms with Gasteiger partial charge in [0.25, 0.3) is 0 Å². The Morgan fingerprint density at radius 2 is 1.92 bits per heavy atom. The maximum Gasteiger partial charge on any atom is 0.310 e. The highest BCUT2D eigenvalue weighted by Gasteiger charge is 1.98. The Hall–Kier alpha value is -0.570. The van der Waals surface area contributed by atoms with Crippen LogP contribution in [0.15, 0.2) is 0 Å². The van der Waals surface area contributed by atoms with Crippen molar-refractivity contribution in [2.24, 2.45) is 0 Å². The van der Waals surface area contributed by atoms with Gasteiger partial charge in [0.1, 0.15) is 12.2 Å². The lowest BCUT2D eigenvalue weighted by Gasteiger charge is -1.80. The van der Waals surface area contributed by atoms with Gasteiger partial charge in [-0.05, 0) is 13.3 Å². The maximum absolute atomic E-state index is 9.87. The van der Waals surface area contributed by atoms with Crippen LogP contribution in [-0.2, 0) is 9.59 Å². The third kappa shape index (κ3) is 22.7. The number of hydrogen-bond acceptors (Lipinski definition) is 2. The number of ketones is 1. The molecule has 0 aliphatic carbocycles. The number of aliphatic carboxylic acids is 1. The summed E-state index contributed by atoms with van der Waals surface area (Å²) < 4.78 is 0. The molecule has 0 atom stereocenters. The molecule has 3 nitrogen and oxygen atoms in total. The first-order valence-corrected chi connectivity index (χ1v) is 4.35. The van der Waals surface area contributed by atoms with Gasteiger partial charge < -0.3 is 5.11 Å². The van der Waals surface area contributed by atoms with Crippen LogP contribution in [0.3, 0.4) is 0 Å². The van der Waals surface area contributed by atoms with Crippen molar-refractivity contribution in [3.05, 3.63) is 0 Å². The zero-order valence-electron chi connectivity index (χ0n) is 7.47. The van der Waals surface area contributed by atoms with Crippen molar-refractivity contribution in [2.45, 2.75) is 33.1 Å². The summed E-state index contributed by atoms with van der Waals surface area (Å²) in [5, 5.41) is 7.86. The summed E-state index contributed by atoms with van der Waals surface area (Å²) in [5.74, 6) is -0.559. The number of carboxylic acid groups (broad SMARTS) is 1. The fraction of sp³-hybridized carbons (Fsp3) is 0.750. The summed E-state index contributed by atoms with van der Waals surface area (Å²) in [6, 6.07) is 0. The SMILES string of the molecule is CC(=O)CC(=O)O.CCCCCl. The lowest BCUT2D eigenvalue weighted by molar-refractivity contribution is -0.139. The molecular weight excluding hydrogens is 180 g/mol. The number of halogens is 1. The number of hydrogen-bond donors (Lipinski definition) is 1. The topological polar surface area (TPSA) is 54.4 Å². The van der Waals surface area contributed by atoms with E-state index in [-0.39, 0.29) is 12.2 Å². The molecule has 12 heavy (non-hydrogen) atoms. The van der Waals surface area contributed by atoms with Crippen LogP contribution in [-0.4, -0.2) is 22.7 Å². The third-order valence-electron chi connectivity index (χ3n) is 0.887. The molecule has 0 aromatic rings. The van der Waals surface area contributed by atoms with Gasteiger partial charge in [0.2, 0.25) is 0 Å². The normalized spacial score (nSPS) is 8.25. The molecule has 1 N–H and O–H groups in total. The van der Waals surface area contributed by atoms with Crippen LogP contribution in [0.4, 0.5) is 0 Å². The molecule has 0 radical (unpaired) electrons. The molecule has 0 aliphatic rings. The van der Waals surface area contributed by atoms with Crippen LogP contribution in [0, 0.1) is 0 Å². The van der Waals surface area contributed by atoms with E-state index in [9.17, 15) is 9.59 Å². The summed E-state index contributed by atoms with van der Waals surface area (Å²) >= 11 is 5.30. The molecule has 4 heteroatoms. The first-order valence-electron chi connectivity index (χ1n) is 3.81. The van der Waals surface area contributed by atoms with Gasteiger partial charge in [0, 0.05) is 5.88 Å². The molecule has 0 aromatic heterocycles. The van der Waals surface area contributed by atoms with Gasteiger partial charge in [0.05, 0.1) is 0 Å². The molecular formula is C8H15ClO3. The summed E-state index contributed by atoms with van der Waals surface area (Å²) in [7, 11) is 0. The Morgan fingerprint density at radius 1 is 1.42 bits per heavy atom. The Labute approximate surface area is 77.7 Å². The van der Waals surface area contributed by atoms with E-state index >= 15 is 0 Å². The van der Waals surface area contributed by atoms with Gasteiger partial charge in [-0.1, -0.05) is 13.3 Å². The minimum atomic E-state index is -1.06. The molecule has 0 unspecified atom stereocenters. The molecule has 0 aromatic carbocycles. The molecule has 0 saturated carbocycles. The average Bonchev–Trinajstić information content (AvgIpc) is 1.87. The van der Waals surface area contributed by atoms with Crippen molar-refractivity contribution in [3.63, 3.8) is 0 Å². The second-order valence-electron chi connectivity index (χ2n) is 2.32. The van der Waals surface area contributed by atoms with E-state index in [4.69, 9.17) is 16.7 Å². The first kappa shape index (κ1) is 14.0. The summed E-state index contributed by atoms with van der Waals surface area (Å²) in [4.78, 5) is 19.5. The van der Waals surface area contributed by atoms with Crippen molar-refractivity contribution >= 4 is 23.4 Å². The van der Waals surface area contributed by atoms with Crippen LogP contribution in [0.1, 0.15) is 33.1 Å². The fourth-order valence-electron chi connectivity index (χ4n) is 0.347. The predicted molar refractivity (Wildman–Crippen MR) is 48.6 cm³/mol. The van der Waals surface area contributed by atoms with E-state index in [1.807, 2.05) is 0 Å². The maximum atomic E-state index is 9.87. The largest absolute Gasteiger partial charge is 0.481 e. The number of Topliss-reactive ketones (excluding diaryl/α,β-unsaturated/α-hetero) is 1. The average molecular weight is 195 g/mol. The van der Waals surface area contributed by atoms with Gasteiger partial charge in [0.15, 0.2) is 0 Å². The van der Waals surface area contributed by atoms with Crippen LogP contribution in [0.5, 0.6) is 0 Å². The molecule has 0 aliphatic heterocycles. The molecule has 0 heterocycles. The predicted octanol–water partition coefficient (Wildman–Crippen LogP) is 2.08. The van der Waals surface area contributed by atoms with Gasteiger partial charge in [-0.25, -0.2) is 0 Å². The molecule has 0 spiro atoms. The van der Waals surface area contributed by atoms with E-state index in [1.165, 1.54) is 13.3 Å². The molecule has 72 valence electrons. The Kier molecular flexibility index (Phi) is 12.2. The van der Waals surface area contributed by atoms with Crippen molar-refractivity contribution in [3.8, 4) is 0 Å². The minimum absolute atomic E-state index is 0.312. The van der Waals surface area contributed by atoms with Gasteiger partial charge >= 0.3 is 5.97 Å². The lowest BCUT2D eigenvalue weighted by Crippen LogP contribution is -2.00. The fourth-order valence-corrected chi connectivity index (χ4v) is 0.614. The number of carbonyl (C=O) groups excluding carboxylic acids is 1. The number of alkyl halides is 1. The highest BCUT2D eigenvalue weighted by Crippen LogP contribution is 1.86. The van der Waals surface area contributed by atoms with E-state index < -0.39 is 5.97 Å². The van der Waals surface area contributed by atoms with E-state index in [1.54, 1.807) is 0 Å². The molecule has 0 rings (SSSR count). The quantitative estimate of drug-likeness (QED) is 0.551. The monoisotopic (exact) mass is 194 g/mol. The smallest absolute Gasteiger partial charge is 0.310 e. The van der Waals surface area contributed by atoms with E-state index in [0.29, 0.717) is 0 Å². The van der Waals surface area contributed by atoms with E-state index in [2.05, 4.69) is 6.92 Å². The Balaban J connectivity index is 0. The van der Waals surface area contributed by atoms with E-state index in [0.717, 1.165) is 12.3 Å². The number of rotatable bonds is 4. The van der Waals surface area contributed by atoms with Crippen LogP contribution < -0.4 is 0 Å². The highest BCUT2D eigenvalue weighted by atomic mass is 35.5. The zero-order valence-corrected chi connectivity index (χ0v) is 8.23.